The Kier molecular flexibility index (Phi) is 13.1. The molecule has 0 fully saturated rings. The second-order valence-electron chi connectivity index (χ2n) is 20.3. The molecule has 2 aliphatic rings. The van der Waals surface area contributed by atoms with Crippen molar-refractivity contribution in [1.82, 2.24) is 0 Å². The monoisotopic (exact) mass is 948 g/mol. The van der Waals surface area contributed by atoms with Crippen LogP contribution in [0.4, 0.5) is 0 Å². The van der Waals surface area contributed by atoms with Crippen LogP contribution in [0.5, 0.6) is 0 Å². The summed E-state index contributed by atoms with van der Waals surface area (Å²) in [6, 6.07) is 15.7. The van der Waals surface area contributed by atoms with E-state index in [0.29, 0.717) is 20.1 Å². The molecular formula is C49H60Cl6Zr. The maximum absolute atomic E-state index is 7.25. The van der Waals surface area contributed by atoms with E-state index in [1.54, 1.807) is 0 Å². The summed E-state index contributed by atoms with van der Waals surface area (Å²) >= 11 is 23.2. The van der Waals surface area contributed by atoms with E-state index in [-0.39, 0.29) is 46.5 Å². The zero-order valence-electron chi connectivity index (χ0n) is 35.7. The van der Waals surface area contributed by atoms with Crippen molar-refractivity contribution in [3.8, 4) is 11.1 Å². The number of allylic oxidation sites excluding steroid dienone is 4. The molecule has 0 saturated carbocycles. The van der Waals surface area contributed by atoms with E-state index in [9.17, 15) is 0 Å². The van der Waals surface area contributed by atoms with Crippen LogP contribution in [-0.4, -0.2) is 4.21 Å². The van der Waals surface area contributed by atoms with Crippen LogP contribution in [0.2, 0.25) is 20.1 Å². The Morgan fingerprint density at radius 1 is 0.571 bits per heavy atom. The Balaban J connectivity index is 0.00000348. The summed E-state index contributed by atoms with van der Waals surface area (Å²) in [5.74, 6) is 0. The van der Waals surface area contributed by atoms with Crippen molar-refractivity contribution in [2.75, 3.05) is 0 Å². The average molecular weight is 953 g/mol. The van der Waals surface area contributed by atoms with Crippen molar-refractivity contribution in [1.29, 1.82) is 0 Å². The average Bonchev–Trinajstić information content (AvgIpc) is 3.70. The Morgan fingerprint density at radius 2 is 1.02 bits per heavy atom. The summed E-state index contributed by atoms with van der Waals surface area (Å²) in [5.41, 5.74) is 12.4. The first-order chi connectivity index (χ1) is 24.6. The predicted octanol–water partition coefficient (Wildman–Crippen LogP) is 14.8. The molecule has 0 heterocycles. The molecule has 0 nitrogen and oxygen atoms in total. The minimum absolute atomic E-state index is 0. The van der Waals surface area contributed by atoms with Gasteiger partial charge in [-0.05, 0) is 0 Å². The van der Waals surface area contributed by atoms with E-state index in [0.717, 1.165) is 30.5 Å². The molecule has 4 aromatic carbocycles. The molecule has 302 valence electrons. The van der Waals surface area contributed by atoms with Crippen LogP contribution in [-0.2, 0) is 46.4 Å². The Morgan fingerprint density at radius 3 is 1.43 bits per heavy atom. The van der Waals surface area contributed by atoms with Crippen molar-refractivity contribution in [3.05, 3.63) is 129 Å². The molecular weight excluding hydrogens is 892 g/mol. The molecule has 0 aliphatic heterocycles. The van der Waals surface area contributed by atoms with E-state index in [1.807, 2.05) is 12.1 Å². The van der Waals surface area contributed by atoms with Crippen LogP contribution in [0.1, 0.15) is 134 Å². The molecule has 6 rings (SSSR count). The molecule has 0 amide bonds. The van der Waals surface area contributed by atoms with Gasteiger partial charge in [0, 0.05) is 0 Å². The van der Waals surface area contributed by atoms with Gasteiger partial charge in [0.25, 0.3) is 0 Å². The zero-order valence-corrected chi connectivity index (χ0v) is 42.8. The second kappa shape index (κ2) is 15.4. The van der Waals surface area contributed by atoms with Gasteiger partial charge < -0.3 is 0 Å². The van der Waals surface area contributed by atoms with Gasteiger partial charge in [0.15, 0.2) is 0 Å². The van der Waals surface area contributed by atoms with Gasteiger partial charge in [-0.1, -0.05) is 0 Å². The molecule has 0 atom stereocenters. The van der Waals surface area contributed by atoms with E-state index < -0.39 is 18.3 Å². The Labute approximate surface area is 371 Å². The van der Waals surface area contributed by atoms with Gasteiger partial charge in [0.2, 0.25) is 0 Å². The summed E-state index contributed by atoms with van der Waals surface area (Å²) in [6.07, 6.45) is 8.42. The van der Waals surface area contributed by atoms with E-state index >= 15 is 0 Å². The van der Waals surface area contributed by atoms with Gasteiger partial charge in [-0.2, -0.15) is 0 Å². The zero-order chi connectivity index (χ0) is 40.3. The molecule has 0 bridgehead atoms. The molecule has 0 saturated heterocycles. The van der Waals surface area contributed by atoms with Crippen LogP contribution in [0.25, 0.3) is 11.1 Å². The summed E-state index contributed by atoms with van der Waals surface area (Å²) < 4.78 is 10.9. The number of hydrogen-bond acceptors (Lipinski definition) is 0. The summed E-state index contributed by atoms with van der Waals surface area (Å²) in [7, 11) is 0. The molecule has 0 unspecified atom stereocenters. The third-order valence-electron chi connectivity index (χ3n) is 12.3. The van der Waals surface area contributed by atoms with E-state index in [2.05, 4.69) is 145 Å². The molecule has 0 aromatic heterocycles. The third kappa shape index (κ3) is 7.48. The molecule has 56 heavy (non-hydrogen) atoms. The number of fused-ring (bicyclic) bond motifs is 3. The fraction of sp³-hybridized carbons (Fsp3) is 0.408. The van der Waals surface area contributed by atoms with Gasteiger partial charge in [0.1, 0.15) is 0 Å². The van der Waals surface area contributed by atoms with Crippen LogP contribution >= 0.6 is 71.2 Å². The van der Waals surface area contributed by atoms with Gasteiger partial charge in [-0.3, -0.25) is 0 Å². The van der Waals surface area contributed by atoms with Gasteiger partial charge in [-0.25, -0.2) is 0 Å². The third-order valence-corrected chi connectivity index (χ3v) is 30.4. The molecule has 0 N–H and O–H groups in total. The summed E-state index contributed by atoms with van der Waals surface area (Å²) in [6.45, 7) is 32.6. The molecule has 0 spiro atoms. The maximum atomic E-state index is 7.25. The number of benzene rings is 4. The molecule has 7 heteroatoms. The standard InChI is InChI=1S/C29H41.2C7H5Cl2.C5H5.CH2.2ClH.Zr/c1-26(2,3)22-14-18-13-19-15-23(27(4,5)6)25(29(10,11)12)17-21(19)20(18)16-24(22)28(7,8)9;2*1-5-2-3-6(8)4-7(5)9;1-2-4-5-3-1;;;;/h14,16-17H,13H2,1-12H3;2*3-4H,1H3;1-3H,4H2;1H2;2*1H;. The number of rotatable bonds is 4. The summed E-state index contributed by atoms with van der Waals surface area (Å²) in [5, 5.41) is 2.51. The fourth-order valence-corrected chi connectivity index (χ4v) is 30.6. The first-order valence-electron chi connectivity index (χ1n) is 19.3. The Bertz CT molecular complexity index is 2320. The van der Waals surface area contributed by atoms with Gasteiger partial charge in [0.05, 0.1) is 0 Å². The van der Waals surface area contributed by atoms with Crippen molar-refractivity contribution >= 4 is 85.2 Å². The normalized spacial score (nSPS) is 14.6. The first-order valence-corrected chi connectivity index (χ1v) is 27.5. The van der Waals surface area contributed by atoms with Gasteiger partial charge in [-0.15, -0.1) is 24.8 Å². The van der Waals surface area contributed by atoms with Crippen LogP contribution in [0, 0.1) is 13.8 Å². The quantitative estimate of drug-likeness (QED) is 0.168. The molecule has 2 aliphatic carbocycles. The van der Waals surface area contributed by atoms with E-state index in [1.165, 1.54) is 51.1 Å². The SMILES string of the molecule is Cl.Cl.[CH2]=[Zr]([C]1=CC=CC1)([c]1cc(Cl)cc(Cl)c1C)([c]1cc(Cl)cc(Cl)c1C)[c]1c2c(cc(C(C)(C)C)c1C(C)(C)C)-c1cc(C(C)(C)C)c(C(C)(C)C)cc1C2. The van der Waals surface area contributed by atoms with E-state index in [4.69, 9.17) is 50.6 Å². The Hall–Kier alpha value is -1.15. The topological polar surface area (TPSA) is 0 Å². The van der Waals surface area contributed by atoms with Gasteiger partial charge >= 0.3 is 350 Å². The second-order valence-corrected chi connectivity index (χ2v) is 34.6. The number of hydrogen-bond donors (Lipinski definition) is 0. The van der Waals surface area contributed by atoms with Crippen molar-refractivity contribution in [2.45, 2.75) is 131 Å². The van der Waals surface area contributed by atoms with Crippen molar-refractivity contribution in [3.63, 3.8) is 0 Å². The predicted molar refractivity (Wildman–Crippen MR) is 254 cm³/mol. The van der Waals surface area contributed by atoms with Crippen molar-refractivity contribution < 1.29 is 18.3 Å². The van der Waals surface area contributed by atoms with Crippen LogP contribution in [0.15, 0.2) is 64.0 Å². The van der Waals surface area contributed by atoms with Crippen molar-refractivity contribution in [2.24, 2.45) is 0 Å². The summed E-state index contributed by atoms with van der Waals surface area (Å²) in [4.78, 5) is 0. The molecule has 0 radical (unpaired) electrons. The van der Waals surface area contributed by atoms with Crippen LogP contribution < -0.4 is 9.81 Å². The van der Waals surface area contributed by atoms with Crippen LogP contribution in [0.3, 0.4) is 0 Å². The fourth-order valence-electron chi connectivity index (χ4n) is 9.82. The minimum atomic E-state index is -5.60. The number of halogens is 6. The molecule has 4 aromatic rings. The first kappa shape index (κ1) is 47.5.